The van der Waals surface area contributed by atoms with Crippen LogP contribution in [0.25, 0.3) is 11.4 Å². The molecule has 0 spiro atoms. The second kappa shape index (κ2) is 7.51. The van der Waals surface area contributed by atoms with E-state index in [-0.39, 0.29) is 18.7 Å². The van der Waals surface area contributed by atoms with E-state index in [1.165, 1.54) is 41.4 Å². The van der Waals surface area contributed by atoms with Gasteiger partial charge in [-0.3, -0.25) is 4.79 Å². The largest absolute Gasteiger partial charge is 0.417 e. The molecule has 1 amide bonds. The third-order valence-electron chi connectivity index (χ3n) is 5.05. The fourth-order valence-corrected chi connectivity index (χ4v) is 3.47. The van der Waals surface area contributed by atoms with Crippen LogP contribution >= 0.6 is 0 Å². The van der Waals surface area contributed by atoms with Crippen LogP contribution in [-0.2, 0) is 25.7 Å². The van der Waals surface area contributed by atoms with Gasteiger partial charge in [0.2, 0.25) is 0 Å². The zero-order valence-electron chi connectivity index (χ0n) is 16.0. The second-order valence-electron chi connectivity index (χ2n) is 7.07. The highest BCUT2D eigenvalue weighted by atomic mass is 19.4. The summed E-state index contributed by atoms with van der Waals surface area (Å²) in [5, 5.41) is 0. The van der Waals surface area contributed by atoms with E-state index in [1.54, 1.807) is 6.07 Å². The summed E-state index contributed by atoms with van der Waals surface area (Å²) in [4.78, 5) is 22.9. The Morgan fingerprint density at radius 3 is 2.63 bits per heavy atom. The van der Waals surface area contributed by atoms with Crippen LogP contribution in [0.2, 0.25) is 0 Å². The van der Waals surface area contributed by atoms with E-state index in [9.17, 15) is 22.4 Å². The molecule has 1 aromatic heterocycles. The Balaban J connectivity index is 1.64. The molecule has 0 unspecified atom stereocenters. The summed E-state index contributed by atoms with van der Waals surface area (Å²) >= 11 is 0. The first kappa shape index (κ1) is 20.0. The summed E-state index contributed by atoms with van der Waals surface area (Å²) < 4.78 is 53.8. The van der Waals surface area contributed by atoms with Crippen molar-refractivity contribution >= 4 is 5.91 Å². The van der Waals surface area contributed by atoms with Crippen LogP contribution < -0.4 is 0 Å². The lowest BCUT2D eigenvalue weighted by atomic mass is 10.0. The topological polar surface area (TPSA) is 46.1 Å². The number of hydrogen-bond donors (Lipinski definition) is 0. The standard InChI is InChI=1S/C22H17F4N3O/c1-2-13-6-7-18(22(24,25)26)17(8-13)21(30)29-11-15-10-27-20(28-19(15)12-29)14-4-3-5-16(23)9-14/h3-10H,2,11-12H2,1H3. The van der Waals surface area contributed by atoms with Gasteiger partial charge in [-0.15, -0.1) is 0 Å². The molecule has 4 nitrogen and oxygen atoms in total. The van der Waals surface area contributed by atoms with Gasteiger partial charge in [0, 0.05) is 23.9 Å². The number of rotatable bonds is 3. The van der Waals surface area contributed by atoms with Crippen molar-refractivity contribution in [3.8, 4) is 11.4 Å². The average molecular weight is 415 g/mol. The molecule has 0 atom stereocenters. The Labute approximate surface area is 170 Å². The van der Waals surface area contributed by atoms with E-state index in [2.05, 4.69) is 9.97 Å². The van der Waals surface area contributed by atoms with Crippen molar-refractivity contribution in [1.82, 2.24) is 14.9 Å². The number of nitrogens with zero attached hydrogens (tertiary/aromatic N) is 3. The summed E-state index contributed by atoms with van der Waals surface area (Å²) in [6.07, 6.45) is -2.59. The lowest BCUT2D eigenvalue weighted by molar-refractivity contribution is -0.138. The number of amides is 1. The molecule has 0 bridgehead atoms. The summed E-state index contributed by atoms with van der Waals surface area (Å²) in [6.45, 7) is 1.99. The summed E-state index contributed by atoms with van der Waals surface area (Å²) in [5.41, 5.74) is 1.01. The van der Waals surface area contributed by atoms with Crippen LogP contribution in [0.4, 0.5) is 17.6 Å². The smallest absolute Gasteiger partial charge is 0.328 e. The number of alkyl halides is 3. The molecule has 0 saturated heterocycles. The van der Waals surface area contributed by atoms with Gasteiger partial charge in [-0.2, -0.15) is 13.2 Å². The molecule has 8 heteroatoms. The van der Waals surface area contributed by atoms with E-state index < -0.39 is 23.5 Å². The normalized spacial score (nSPS) is 13.4. The maximum atomic E-state index is 13.5. The molecule has 0 aliphatic carbocycles. The average Bonchev–Trinajstić information content (AvgIpc) is 3.15. The zero-order valence-corrected chi connectivity index (χ0v) is 16.0. The predicted octanol–water partition coefficient (Wildman–Crippen LogP) is 5.02. The molecular weight excluding hydrogens is 398 g/mol. The Bertz CT molecular complexity index is 1130. The molecule has 1 aliphatic heterocycles. The van der Waals surface area contributed by atoms with Gasteiger partial charge in [-0.1, -0.05) is 25.1 Å². The maximum Gasteiger partial charge on any atom is 0.417 e. The third kappa shape index (κ3) is 3.77. The van der Waals surface area contributed by atoms with Gasteiger partial charge in [0.1, 0.15) is 5.82 Å². The van der Waals surface area contributed by atoms with Crippen LogP contribution in [0, 0.1) is 5.82 Å². The Hall–Kier alpha value is -3.29. The van der Waals surface area contributed by atoms with Crippen molar-refractivity contribution in [3.05, 3.63) is 82.4 Å². The van der Waals surface area contributed by atoms with Crippen molar-refractivity contribution in [2.24, 2.45) is 0 Å². The molecule has 154 valence electrons. The number of benzene rings is 2. The van der Waals surface area contributed by atoms with E-state index in [1.807, 2.05) is 6.92 Å². The molecular formula is C22H17F4N3O. The minimum absolute atomic E-state index is 0.0622. The Kier molecular flexibility index (Phi) is 5.01. The van der Waals surface area contributed by atoms with Crippen LogP contribution in [0.5, 0.6) is 0 Å². The molecule has 0 fully saturated rings. The quantitative estimate of drug-likeness (QED) is 0.565. The van der Waals surface area contributed by atoms with Gasteiger partial charge in [0.05, 0.1) is 23.4 Å². The first-order valence-electron chi connectivity index (χ1n) is 9.36. The number of hydrogen-bond acceptors (Lipinski definition) is 3. The highest BCUT2D eigenvalue weighted by Crippen LogP contribution is 2.34. The van der Waals surface area contributed by atoms with Crippen molar-refractivity contribution in [3.63, 3.8) is 0 Å². The highest BCUT2D eigenvalue weighted by molar-refractivity contribution is 5.96. The monoisotopic (exact) mass is 415 g/mol. The number of carbonyl (C=O) groups excluding carboxylic acids is 1. The number of aryl methyl sites for hydroxylation is 1. The lowest BCUT2D eigenvalue weighted by Gasteiger charge is -2.19. The van der Waals surface area contributed by atoms with Crippen molar-refractivity contribution in [2.75, 3.05) is 0 Å². The summed E-state index contributed by atoms with van der Waals surface area (Å²) in [5.74, 6) is -0.835. The number of fused-ring (bicyclic) bond motifs is 1. The van der Waals surface area contributed by atoms with E-state index in [4.69, 9.17) is 0 Å². The summed E-state index contributed by atoms with van der Waals surface area (Å²) in [7, 11) is 0. The minimum Gasteiger partial charge on any atom is -0.328 e. The molecule has 2 aromatic carbocycles. The number of aromatic nitrogens is 2. The molecule has 4 rings (SSSR count). The minimum atomic E-state index is -4.63. The highest BCUT2D eigenvalue weighted by Gasteiger charge is 2.37. The zero-order chi connectivity index (χ0) is 21.5. The molecule has 0 radical (unpaired) electrons. The SMILES string of the molecule is CCc1ccc(C(F)(F)F)c(C(=O)N2Cc3cnc(-c4cccc(F)c4)nc3C2)c1. The molecule has 30 heavy (non-hydrogen) atoms. The second-order valence-corrected chi connectivity index (χ2v) is 7.07. The van der Waals surface area contributed by atoms with E-state index in [0.717, 1.165) is 6.07 Å². The van der Waals surface area contributed by atoms with Gasteiger partial charge < -0.3 is 4.90 Å². The molecule has 0 saturated carbocycles. The molecule has 1 aliphatic rings. The van der Waals surface area contributed by atoms with Gasteiger partial charge in [0.25, 0.3) is 5.91 Å². The Morgan fingerprint density at radius 2 is 1.93 bits per heavy atom. The molecule has 2 heterocycles. The fraction of sp³-hybridized carbons (Fsp3) is 0.227. The molecule has 0 N–H and O–H groups in total. The van der Waals surface area contributed by atoms with Crippen LogP contribution in [0.1, 0.15) is 39.7 Å². The van der Waals surface area contributed by atoms with Crippen LogP contribution in [-0.4, -0.2) is 20.8 Å². The van der Waals surface area contributed by atoms with Crippen LogP contribution in [0.15, 0.2) is 48.7 Å². The maximum absolute atomic E-state index is 13.5. The van der Waals surface area contributed by atoms with Crippen LogP contribution in [0.3, 0.4) is 0 Å². The third-order valence-corrected chi connectivity index (χ3v) is 5.05. The lowest BCUT2D eigenvalue weighted by Crippen LogP contribution is -2.28. The van der Waals surface area contributed by atoms with Gasteiger partial charge in [-0.05, 0) is 36.2 Å². The van der Waals surface area contributed by atoms with Crippen molar-refractivity contribution in [1.29, 1.82) is 0 Å². The fourth-order valence-electron chi connectivity index (χ4n) is 3.47. The first-order valence-corrected chi connectivity index (χ1v) is 9.36. The van der Waals surface area contributed by atoms with Gasteiger partial charge >= 0.3 is 6.18 Å². The van der Waals surface area contributed by atoms with Crippen molar-refractivity contribution < 1.29 is 22.4 Å². The number of carbonyl (C=O) groups is 1. The van der Waals surface area contributed by atoms with Gasteiger partial charge in [0.15, 0.2) is 5.82 Å². The number of halogens is 4. The first-order chi connectivity index (χ1) is 14.3. The van der Waals surface area contributed by atoms with Gasteiger partial charge in [-0.25, -0.2) is 14.4 Å². The predicted molar refractivity (Wildman–Crippen MR) is 102 cm³/mol. The summed E-state index contributed by atoms with van der Waals surface area (Å²) in [6, 6.07) is 9.45. The van der Waals surface area contributed by atoms with E-state index in [0.29, 0.717) is 34.6 Å². The molecule has 3 aromatic rings. The Morgan fingerprint density at radius 1 is 1.13 bits per heavy atom. The van der Waals surface area contributed by atoms with E-state index >= 15 is 0 Å². The van der Waals surface area contributed by atoms with Crippen molar-refractivity contribution in [2.45, 2.75) is 32.6 Å².